The molecule has 1 aromatic carbocycles. The molecule has 20 heavy (non-hydrogen) atoms. The Morgan fingerprint density at radius 2 is 1.70 bits per heavy atom. The number of carboxylic acid groups (broad SMARTS) is 1. The number of ketones is 1. The van der Waals surface area contributed by atoms with Crippen LogP contribution >= 0.6 is 27.3 Å². The molecule has 0 amide bonds. The number of carboxylic acids is 1. The highest BCUT2D eigenvalue weighted by molar-refractivity contribution is 9.10. The van der Waals surface area contributed by atoms with Crippen LogP contribution in [0.2, 0.25) is 0 Å². The summed E-state index contributed by atoms with van der Waals surface area (Å²) in [7, 11) is 0. The van der Waals surface area contributed by atoms with E-state index in [2.05, 4.69) is 15.9 Å². The normalized spacial score (nSPS) is 10.6. The number of halogens is 3. The molecule has 0 atom stereocenters. The average molecular weight is 361 g/mol. The summed E-state index contributed by atoms with van der Waals surface area (Å²) >= 11 is 4.38. The van der Waals surface area contributed by atoms with Crippen LogP contribution in [0, 0.1) is 18.6 Å². The third-order valence-electron chi connectivity index (χ3n) is 2.62. The molecule has 104 valence electrons. The number of carbonyl (C=O) groups is 2. The lowest BCUT2D eigenvalue weighted by molar-refractivity contribution is 0.0692. The first-order chi connectivity index (χ1) is 9.31. The Hall–Kier alpha value is -1.60. The van der Waals surface area contributed by atoms with Crippen LogP contribution in [0.1, 0.15) is 30.5 Å². The van der Waals surface area contributed by atoms with E-state index in [1.54, 1.807) is 6.92 Å². The number of carbonyl (C=O) groups excluding carboxylic acids is 1. The van der Waals surface area contributed by atoms with E-state index in [0.717, 1.165) is 16.2 Å². The minimum Gasteiger partial charge on any atom is -0.478 e. The van der Waals surface area contributed by atoms with Gasteiger partial charge in [-0.2, -0.15) is 0 Å². The van der Waals surface area contributed by atoms with E-state index in [1.165, 1.54) is 6.07 Å². The quantitative estimate of drug-likeness (QED) is 0.840. The minimum absolute atomic E-state index is 0.253. The van der Waals surface area contributed by atoms with Crippen LogP contribution in [-0.2, 0) is 0 Å². The van der Waals surface area contributed by atoms with E-state index < -0.39 is 29.0 Å². The van der Waals surface area contributed by atoms with Crippen molar-refractivity contribution >= 4 is 39.0 Å². The summed E-state index contributed by atoms with van der Waals surface area (Å²) in [6.07, 6.45) is 0. The van der Waals surface area contributed by atoms with Gasteiger partial charge in [0.15, 0.2) is 11.6 Å². The van der Waals surface area contributed by atoms with Gasteiger partial charge in [-0.3, -0.25) is 4.79 Å². The number of benzene rings is 1. The Balaban J connectivity index is 2.59. The third kappa shape index (κ3) is 2.64. The first-order valence-corrected chi connectivity index (χ1v) is 6.95. The Morgan fingerprint density at radius 1 is 1.15 bits per heavy atom. The minimum atomic E-state index is -1.49. The van der Waals surface area contributed by atoms with Crippen LogP contribution in [0.4, 0.5) is 8.78 Å². The van der Waals surface area contributed by atoms with Gasteiger partial charge >= 0.3 is 5.97 Å². The van der Waals surface area contributed by atoms with Gasteiger partial charge in [-0.15, -0.1) is 11.3 Å². The van der Waals surface area contributed by atoms with E-state index in [0.29, 0.717) is 16.6 Å². The number of aryl methyl sites for hydroxylation is 1. The Bertz CT molecular complexity index is 705. The predicted molar refractivity (Wildman–Crippen MR) is 73.5 cm³/mol. The van der Waals surface area contributed by atoms with Crippen LogP contribution in [-0.4, -0.2) is 16.9 Å². The zero-order valence-electron chi connectivity index (χ0n) is 10.0. The molecule has 1 heterocycles. The van der Waals surface area contributed by atoms with Crippen molar-refractivity contribution in [3.8, 4) is 0 Å². The lowest BCUT2D eigenvalue weighted by Gasteiger charge is -2.05. The van der Waals surface area contributed by atoms with Gasteiger partial charge in [0.05, 0.1) is 10.4 Å². The summed E-state index contributed by atoms with van der Waals surface area (Å²) in [5.41, 5.74) is -0.929. The van der Waals surface area contributed by atoms with Crippen molar-refractivity contribution in [2.45, 2.75) is 6.92 Å². The van der Waals surface area contributed by atoms with E-state index in [4.69, 9.17) is 5.11 Å². The number of rotatable bonds is 3. The summed E-state index contributed by atoms with van der Waals surface area (Å²) < 4.78 is 27.1. The standard InChI is InChI=1S/C13H7BrF2O3S/c1-5-8(14)4-11(20-5)12(17)6-2-9(15)10(16)3-7(6)13(18)19/h2-4H,1H3,(H,18,19). The number of thiophene rings is 1. The summed E-state index contributed by atoms with van der Waals surface area (Å²) in [6.45, 7) is 1.77. The zero-order chi connectivity index (χ0) is 15.0. The van der Waals surface area contributed by atoms with Crippen LogP contribution in [0.5, 0.6) is 0 Å². The second-order valence-electron chi connectivity index (χ2n) is 3.96. The van der Waals surface area contributed by atoms with Crippen LogP contribution in [0.3, 0.4) is 0 Å². The maximum atomic E-state index is 13.3. The summed E-state index contributed by atoms with van der Waals surface area (Å²) in [4.78, 5) is 24.4. The SMILES string of the molecule is Cc1sc(C(=O)c2cc(F)c(F)cc2C(=O)O)cc1Br. The van der Waals surface area contributed by atoms with Gasteiger partial charge in [-0.25, -0.2) is 13.6 Å². The second-order valence-corrected chi connectivity index (χ2v) is 6.07. The molecule has 3 nitrogen and oxygen atoms in total. The molecule has 0 radical (unpaired) electrons. The van der Waals surface area contributed by atoms with Crippen molar-refractivity contribution in [1.82, 2.24) is 0 Å². The molecule has 0 saturated carbocycles. The van der Waals surface area contributed by atoms with Gasteiger partial charge in [0.1, 0.15) is 0 Å². The monoisotopic (exact) mass is 360 g/mol. The van der Waals surface area contributed by atoms with Crippen LogP contribution < -0.4 is 0 Å². The molecule has 0 spiro atoms. The van der Waals surface area contributed by atoms with E-state index in [1.807, 2.05) is 0 Å². The number of aromatic carboxylic acids is 1. The molecule has 0 bridgehead atoms. The summed E-state index contributed by atoms with van der Waals surface area (Å²) in [5.74, 6) is -4.70. The van der Waals surface area contributed by atoms with Crippen molar-refractivity contribution in [2.24, 2.45) is 0 Å². The maximum absolute atomic E-state index is 13.3. The smallest absolute Gasteiger partial charge is 0.336 e. The van der Waals surface area contributed by atoms with Gasteiger partial charge < -0.3 is 5.11 Å². The third-order valence-corrected chi connectivity index (χ3v) is 4.75. The predicted octanol–water partition coefficient (Wildman–Crippen LogP) is 4.03. The molecule has 1 aromatic heterocycles. The second kappa shape index (κ2) is 5.41. The van der Waals surface area contributed by atoms with E-state index >= 15 is 0 Å². The fourth-order valence-corrected chi connectivity index (χ4v) is 3.11. The molecule has 1 N–H and O–H groups in total. The molecular weight excluding hydrogens is 354 g/mol. The highest BCUT2D eigenvalue weighted by Gasteiger charge is 2.23. The first kappa shape index (κ1) is 14.8. The highest BCUT2D eigenvalue weighted by Crippen LogP contribution is 2.29. The molecule has 0 aliphatic carbocycles. The maximum Gasteiger partial charge on any atom is 0.336 e. The molecule has 2 rings (SSSR count). The Kier molecular flexibility index (Phi) is 4.01. The van der Waals surface area contributed by atoms with Gasteiger partial charge in [-0.05, 0) is 41.1 Å². The van der Waals surface area contributed by atoms with Crippen molar-refractivity contribution in [3.63, 3.8) is 0 Å². The summed E-state index contributed by atoms with van der Waals surface area (Å²) in [6, 6.07) is 2.65. The van der Waals surface area contributed by atoms with Crippen LogP contribution in [0.25, 0.3) is 0 Å². The zero-order valence-corrected chi connectivity index (χ0v) is 12.4. The Labute approximate surface area is 125 Å². The molecule has 0 saturated heterocycles. The van der Waals surface area contributed by atoms with Gasteiger partial charge in [-0.1, -0.05) is 0 Å². The highest BCUT2D eigenvalue weighted by atomic mass is 79.9. The molecule has 7 heteroatoms. The van der Waals surface area contributed by atoms with Crippen molar-refractivity contribution in [3.05, 3.63) is 55.2 Å². The van der Waals surface area contributed by atoms with Crippen molar-refractivity contribution in [2.75, 3.05) is 0 Å². The molecule has 0 aliphatic heterocycles. The number of hydrogen-bond donors (Lipinski definition) is 1. The lowest BCUT2D eigenvalue weighted by Crippen LogP contribution is -2.10. The fraction of sp³-hybridized carbons (Fsp3) is 0.0769. The van der Waals surface area contributed by atoms with Gasteiger partial charge in [0.2, 0.25) is 5.78 Å². The van der Waals surface area contributed by atoms with Gasteiger partial charge in [0.25, 0.3) is 0 Å². The molecule has 0 aliphatic rings. The lowest BCUT2D eigenvalue weighted by atomic mass is 10.0. The van der Waals surface area contributed by atoms with Gasteiger partial charge in [0, 0.05) is 14.9 Å². The topological polar surface area (TPSA) is 54.4 Å². The van der Waals surface area contributed by atoms with Crippen LogP contribution in [0.15, 0.2) is 22.7 Å². The van der Waals surface area contributed by atoms with Crippen molar-refractivity contribution in [1.29, 1.82) is 0 Å². The van der Waals surface area contributed by atoms with E-state index in [-0.39, 0.29) is 10.4 Å². The summed E-state index contributed by atoms with van der Waals surface area (Å²) in [5, 5.41) is 8.99. The Morgan fingerprint density at radius 3 is 2.15 bits per heavy atom. The average Bonchev–Trinajstić information content (AvgIpc) is 2.71. The molecule has 2 aromatic rings. The largest absolute Gasteiger partial charge is 0.478 e. The fourth-order valence-electron chi connectivity index (χ4n) is 1.62. The molecule has 0 unspecified atom stereocenters. The van der Waals surface area contributed by atoms with E-state index in [9.17, 15) is 18.4 Å². The number of hydrogen-bond acceptors (Lipinski definition) is 3. The molecule has 0 fully saturated rings. The molecular formula is C13H7BrF2O3S. The first-order valence-electron chi connectivity index (χ1n) is 5.34. The van der Waals surface area contributed by atoms with Crippen molar-refractivity contribution < 1.29 is 23.5 Å².